The van der Waals surface area contributed by atoms with E-state index < -0.39 is 6.29 Å². The van der Waals surface area contributed by atoms with Gasteiger partial charge in [-0.1, -0.05) is 20.8 Å². The molecule has 1 heterocycles. The first-order valence-electron chi connectivity index (χ1n) is 5.00. The van der Waals surface area contributed by atoms with E-state index in [-0.39, 0.29) is 18.6 Å². The van der Waals surface area contributed by atoms with Gasteiger partial charge in [0.05, 0.1) is 12.7 Å². The van der Waals surface area contributed by atoms with Crippen LogP contribution in [0.25, 0.3) is 0 Å². The van der Waals surface area contributed by atoms with Crippen LogP contribution in [0.4, 0.5) is 0 Å². The van der Waals surface area contributed by atoms with Crippen LogP contribution in [0.15, 0.2) is 0 Å². The van der Waals surface area contributed by atoms with E-state index in [1.54, 1.807) is 0 Å². The molecule has 3 nitrogen and oxygen atoms in total. The first-order valence-corrected chi connectivity index (χ1v) is 5.00. The van der Waals surface area contributed by atoms with Gasteiger partial charge < -0.3 is 14.9 Å². The van der Waals surface area contributed by atoms with Gasteiger partial charge in [0, 0.05) is 5.92 Å². The van der Waals surface area contributed by atoms with Crippen LogP contribution in [0, 0.1) is 17.8 Å². The summed E-state index contributed by atoms with van der Waals surface area (Å²) in [6, 6.07) is 0. The summed E-state index contributed by atoms with van der Waals surface area (Å²) >= 11 is 0. The first kappa shape index (κ1) is 11.0. The van der Waals surface area contributed by atoms with Crippen molar-refractivity contribution in [2.75, 3.05) is 6.61 Å². The van der Waals surface area contributed by atoms with E-state index in [1.807, 2.05) is 6.92 Å². The van der Waals surface area contributed by atoms with Crippen LogP contribution in [-0.2, 0) is 4.74 Å². The quantitative estimate of drug-likeness (QED) is 0.679. The molecule has 0 saturated carbocycles. The van der Waals surface area contributed by atoms with E-state index in [0.29, 0.717) is 11.8 Å². The summed E-state index contributed by atoms with van der Waals surface area (Å²) in [5, 5.41) is 18.5. The zero-order valence-corrected chi connectivity index (χ0v) is 8.60. The van der Waals surface area contributed by atoms with Crippen LogP contribution in [0.2, 0.25) is 0 Å². The molecule has 0 amide bonds. The van der Waals surface area contributed by atoms with Gasteiger partial charge in [-0.05, 0) is 18.3 Å². The molecule has 0 aliphatic carbocycles. The lowest BCUT2D eigenvalue weighted by Gasteiger charge is -2.39. The van der Waals surface area contributed by atoms with Crippen molar-refractivity contribution in [2.45, 2.75) is 39.6 Å². The Bertz CT molecular complexity index is 158. The van der Waals surface area contributed by atoms with Crippen LogP contribution in [0.5, 0.6) is 0 Å². The number of aliphatic hydroxyl groups is 2. The molecule has 3 heteroatoms. The Hall–Kier alpha value is -0.120. The van der Waals surface area contributed by atoms with Gasteiger partial charge in [0.1, 0.15) is 0 Å². The second-order valence-electron chi connectivity index (χ2n) is 4.37. The van der Waals surface area contributed by atoms with Gasteiger partial charge >= 0.3 is 0 Å². The summed E-state index contributed by atoms with van der Waals surface area (Å²) in [5.41, 5.74) is 0. The highest BCUT2D eigenvalue weighted by atomic mass is 16.6. The monoisotopic (exact) mass is 188 g/mol. The van der Waals surface area contributed by atoms with Gasteiger partial charge in [0.15, 0.2) is 6.29 Å². The van der Waals surface area contributed by atoms with Crippen molar-refractivity contribution in [3.63, 3.8) is 0 Å². The van der Waals surface area contributed by atoms with E-state index in [2.05, 4.69) is 13.8 Å². The molecule has 1 saturated heterocycles. The summed E-state index contributed by atoms with van der Waals surface area (Å²) in [6.07, 6.45) is 0.0442. The van der Waals surface area contributed by atoms with E-state index in [4.69, 9.17) is 9.84 Å². The maximum Gasteiger partial charge on any atom is 0.157 e. The summed E-state index contributed by atoms with van der Waals surface area (Å²) in [6.45, 7) is 6.24. The molecule has 0 bridgehead atoms. The maximum absolute atomic E-state index is 9.45. The lowest BCUT2D eigenvalue weighted by molar-refractivity contribution is -0.222. The van der Waals surface area contributed by atoms with Crippen molar-refractivity contribution in [3.8, 4) is 0 Å². The van der Waals surface area contributed by atoms with Gasteiger partial charge in [0.2, 0.25) is 0 Å². The molecule has 2 N–H and O–H groups in total. The van der Waals surface area contributed by atoms with Crippen LogP contribution in [0.3, 0.4) is 0 Å². The highest BCUT2D eigenvalue weighted by Crippen LogP contribution is 2.33. The number of hydrogen-bond acceptors (Lipinski definition) is 3. The van der Waals surface area contributed by atoms with E-state index in [9.17, 15) is 5.11 Å². The highest BCUT2D eigenvalue weighted by molar-refractivity contribution is 4.80. The normalized spacial score (nSPS) is 41.1. The standard InChI is InChI=1S/C10H20O3/c1-6(2)8-4-7(3)10(12)13-9(8)5-11/h6-12H,4-5H2,1-3H3/t7-,8?,9?,10?/m0/s1. The average Bonchev–Trinajstić information content (AvgIpc) is 2.08. The van der Waals surface area contributed by atoms with Gasteiger partial charge in [-0.2, -0.15) is 0 Å². The van der Waals surface area contributed by atoms with Crippen molar-refractivity contribution in [1.82, 2.24) is 0 Å². The summed E-state index contributed by atoms with van der Waals surface area (Å²) < 4.78 is 5.33. The average molecular weight is 188 g/mol. The van der Waals surface area contributed by atoms with Crippen LogP contribution in [0.1, 0.15) is 27.2 Å². The van der Waals surface area contributed by atoms with Crippen molar-refractivity contribution < 1.29 is 14.9 Å². The van der Waals surface area contributed by atoms with Gasteiger partial charge in [-0.15, -0.1) is 0 Å². The van der Waals surface area contributed by atoms with E-state index >= 15 is 0 Å². The Labute approximate surface area is 79.7 Å². The Kier molecular flexibility index (Phi) is 3.71. The number of ether oxygens (including phenoxy) is 1. The molecule has 0 spiro atoms. The van der Waals surface area contributed by atoms with Crippen LogP contribution in [-0.4, -0.2) is 29.2 Å². The molecule has 1 aliphatic rings. The third kappa shape index (κ3) is 2.42. The molecule has 0 radical (unpaired) electrons. The highest BCUT2D eigenvalue weighted by Gasteiger charge is 2.35. The molecular formula is C10H20O3. The van der Waals surface area contributed by atoms with Crippen molar-refractivity contribution in [1.29, 1.82) is 0 Å². The van der Waals surface area contributed by atoms with E-state index in [0.717, 1.165) is 6.42 Å². The Morgan fingerprint density at radius 1 is 1.46 bits per heavy atom. The van der Waals surface area contributed by atoms with Gasteiger partial charge in [-0.3, -0.25) is 0 Å². The molecule has 1 fully saturated rings. The second kappa shape index (κ2) is 4.40. The minimum Gasteiger partial charge on any atom is -0.394 e. The molecule has 0 aromatic rings. The lowest BCUT2D eigenvalue weighted by Crippen LogP contribution is -2.43. The fourth-order valence-electron chi connectivity index (χ4n) is 1.99. The lowest BCUT2D eigenvalue weighted by atomic mass is 9.80. The summed E-state index contributed by atoms with van der Waals surface area (Å²) in [7, 11) is 0. The van der Waals surface area contributed by atoms with Crippen LogP contribution < -0.4 is 0 Å². The second-order valence-corrected chi connectivity index (χ2v) is 4.37. The van der Waals surface area contributed by atoms with Crippen molar-refractivity contribution >= 4 is 0 Å². The summed E-state index contributed by atoms with van der Waals surface area (Å²) in [5.74, 6) is 1.03. The Morgan fingerprint density at radius 3 is 2.54 bits per heavy atom. The molecule has 3 unspecified atom stereocenters. The predicted molar refractivity (Wildman–Crippen MR) is 50.1 cm³/mol. The minimum absolute atomic E-state index is 0.00657. The summed E-state index contributed by atoms with van der Waals surface area (Å²) in [4.78, 5) is 0. The number of rotatable bonds is 2. The zero-order chi connectivity index (χ0) is 10.0. The number of aliphatic hydroxyl groups excluding tert-OH is 2. The molecule has 78 valence electrons. The Balaban J connectivity index is 2.61. The SMILES string of the molecule is CC(C)C1C[C@H](C)C(O)OC1CO. The maximum atomic E-state index is 9.45. The molecule has 4 atom stereocenters. The minimum atomic E-state index is -0.702. The molecule has 1 rings (SSSR count). The van der Waals surface area contributed by atoms with Crippen molar-refractivity contribution in [3.05, 3.63) is 0 Å². The van der Waals surface area contributed by atoms with Gasteiger partial charge in [-0.25, -0.2) is 0 Å². The molecule has 0 aromatic heterocycles. The number of hydrogen-bond donors (Lipinski definition) is 2. The molecule has 0 aromatic carbocycles. The topological polar surface area (TPSA) is 49.7 Å². The largest absolute Gasteiger partial charge is 0.394 e. The van der Waals surface area contributed by atoms with E-state index in [1.165, 1.54) is 0 Å². The fourth-order valence-corrected chi connectivity index (χ4v) is 1.99. The first-order chi connectivity index (χ1) is 6.06. The smallest absolute Gasteiger partial charge is 0.157 e. The molecule has 1 aliphatic heterocycles. The Morgan fingerprint density at radius 2 is 2.08 bits per heavy atom. The fraction of sp³-hybridized carbons (Fsp3) is 1.00. The third-order valence-electron chi connectivity index (χ3n) is 2.96. The molecular weight excluding hydrogens is 168 g/mol. The predicted octanol–water partition coefficient (Wildman–Crippen LogP) is 0.994. The zero-order valence-electron chi connectivity index (χ0n) is 8.60. The van der Waals surface area contributed by atoms with Crippen LogP contribution >= 0.6 is 0 Å². The van der Waals surface area contributed by atoms with Gasteiger partial charge in [0.25, 0.3) is 0 Å². The van der Waals surface area contributed by atoms with Crippen molar-refractivity contribution in [2.24, 2.45) is 17.8 Å². The third-order valence-corrected chi connectivity index (χ3v) is 2.96. The molecule has 13 heavy (non-hydrogen) atoms.